The van der Waals surface area contributed by atoms with E-state index in [1.54, 1.807) is 0 Å². The highest BCUT2D eigenvalue weighted by Crippen LogP contribution is 2.28. The molecule has 0 aromatic rings. The highest BCUT2D eigenvalue weighted by Gasteiger charge is 2.37. The zero-order chi connectivity index (χ0) is 13.7. The van der Waals surface area contributed by atoms with Crippen molar-refractivity contribution < 1.29 is 19.1 Å². The van der Waals surface area contributed by atoms with Crippen LogP contribution in [0.1, 0.15) is 52.9 Å². The number of ketones is 2. The van der Waals surface area contributed by atoms with Gasteiger partial charge in [-0.25, -0.2) is 0 Å². The molecule has 0 heterocycles. The van der Waals surface area contributed by atoms with Gasteiger partial charge >= 0.3 is 5.97 Å². The van der Waals surface area contributed by atoms with Crippen molar-refractivity contribution >= 4 is 17.5 Å². The lowest BCUT2D eigenvalue weighted by Crippen LogP contribution is -2.26. The molecule has 0 aromatic heterocycles. The molecule has 0 amide bonds. The van der Waals surface area contributed by atoms with Crippen molar-refractivity contribution in [2.75, 3.05) is 0 Å². The van der Waals surface area contributed by atoms with E-state index in [4.69, 9.17) is 4.74 Å². The Balaban J connectivity index is 2.47. The van der Waals surface area contributed by atoms with Crippen LogP contribution in [0.4, 0.5) is 0 Å². The molecule has 0 aliphatic heterocycles. The average molecular weight is 254 g/mol. The molecule has 1 aliphatic rings. The van der Waals surface area contributed by atoms with E-state index in [1.807, 2.05) is 20.8 Å². The zero-order valence-electron chi connectivity index (χ0n) is 11.4. The van der Waals surface area contributed by atoms with Crippen LogP contribution in [0.25, 0.3) is 0 Å². The van der Waals surface area contributed by atoms with Gasteiger partial charge < -0.3 is 4.74 Å². The molecule has 0 aromatic carbocycles. The molecule has 102 valence electrons. The Kier molecular flexibility index (Phi) is 5.51. The van der Waals surface area contributed by atoms with E-state index in [0.717, 1.165) is 6.42 Å². The molecule has 2 unspecified atom stereocenters. The maximum atomic E-state index is 12.0. The van der Waals surface area contributed by atoms with E-state index in [0.29, 0.717) is 25.7 Å². The largest absolute Gasteiger partial charge is 0.454 e. The normalized spacial score (nSPS) is 23.4. The van der Waals surface area contributed by atoms with Gasteiger partial charge in [0.25, 0.3) is 0 Å². The monoisotopic (exact) mass is 254 g/mol. The Morgan fingerprint density at radius 3 is 2.56 bits per heavy atom. The molecule has 0 radical (unpaired) electrons. The molecule has 0 saturated heterocycles. The minimum Gasteiger partial charge on any atom is -0.454 e. The van der Waals surface area contributed by atoms with Gasteiger partial charge in [0.1, 0.15) is 5.78 Å². The van der Waals surface area contributed by atoms with Gasteiger partial charge in [0.2, 0.25) is 0 Å². The van der Waals surface area contributed by atoms with Crippen LogP contribution in [0.2, 0.25) is 0 Å². The molecule has 1 rings (SSSR count). The number of hydrogen-bond donors (Lipinski definition) is 0. The Labute approximate surface area is 108 Å². The first-order valence-corrected chi connectivity index (χ1v) is 6.71. The predicted molar refractivity (Wildman–Crippen MR) is 67.0 cm³/mol. The van der Waals surface area contributed by atoms with Gasteiger partial charge in [0.15, 0.2) is 11.9 Å². The molecule has 1 fully saturated rings. The lowest BCUT2D eigenvalue weighted by atomic mass is 9.94. The number of carbonyl (C=O) groups excluding carboxylic acids is 3. The van der Waals surface area contributed by atoms with E-state index < -0.39 is 6.10 Å². The first-order valence-electron chi connectivity index (χ1n) is 6.71. The zero-order valence-corrected chi connectivity index (χ0v) is 11.4. The summed E-state index contributed by atoms with van der Waals surface area (Å²) < 4.78 is 5.14. The van der Waals surface area contributed by atoms with Gasteiger partial charge in [-0.3, -0.25) is 14.4 Å². The van der Waals surface area contributed by atoms with Gasteiger partial charge in [-0.05, 0) is 19.3 Å². The van der Waals surface area contributed by atoms with Crippen molar-refractivity contribution in [3.8, 4) is 0 Å². The van der Waals surface area contributed by atoms with Crippen molar-refractivity contribution in [1.29, 1.82) is 0 Å². The summed E-state index contributed by atoms with van der Waals surface area (Å²) in [7, 11) is 0. The van der Waals surface area contributed by atoms with Crippen molar-refractivity contribution in [3.05, 3.63) is 0 Å². The standard InChI is InChI=1S/C14H22O4/c1-4-5-13(16)18-12-7-6-10(14(12)17)8-11(15)9(2)3/h9-10,12H,4-8H2,1-3H3. The van der Waals surface area contributed by atoms with E-state index in [9.17, 15) is 14.4 Å². The summed E-state index contributed by atoms with van der Waals surface area (Å²) in [5.74, 6) is -0.576. The number of ether oxygens (including phenoxy) is 1. The van der Waals surface area contributed by atoms with Crippen LogP contribution in [-0.4, -0.2) is 23.6 Å². The second kappa shape index (κ2) is 6.66. The average Bonchev–Trinajstić information content (AvgIpc) is 2.61. The van der Waals surface area contributed by atoms with Crippen LogP contribution in [0.5, 0.6) is 0 Å². The van der Waals surface area contributed by atoms with Crippen molar-refractivity contribution in [3.63, 3.8) is 0 Å². The molecular weight excluding hydrogens is 232 g/mol. The highest BCUT2D eigenvalue weighted by atomic mass is 16.5. The van der Waals surface area contributed by atoms with Crippen LogP contribution >= 0.6 is 0 Å². The summed E-state index contributed by atoms with van der Waals surface area (Å²) in [5, 5.41) is 0. The van der Waals surface area contributed by atoms with Crippen LogP contribution in [-0.2, 0) is 19.1 Å². The van der Waals surface area contributed by atoms with Gasteiger partial charge in [-0.1, -0.05) is 20.8 Å². The smallest absolute Gasteiger partial charge is 0.306 e. The van der Waals surface area contributed by atoms with Crippen LogP contribution < -0.4 is 0 Å². The molecule has 1 saturated carbocycles. The number of rotatable bonds is 6. The lowest BCUT2D eigenvalue weighted by Gasteiger charge is -2.12. The van der Waals surface area contributed by atoms with Crippen LogP contribution in [0.3, 0.4) is 0 Å². The minimum absolute atomic E-state index is 0.0421. The van der Waals surface area contributed by atoms with Gasteiger partial charge in [0.05, 0.1) is 0 Å². The number of carbonyl (C=O) groups is 3. The molecule has 18 heavy (non-hydrogen) atoms. The van der Waals surface area contributed by atoms with E-state index >= 15 is 0 Å². The summed E-state index contributed by atoms with van der Waals surface area (Å²) >= 11 is 0. The van der Waals surface area contributed by atoms with Gasteiger partial charge in [0, 0.05) is 24.7 Å². The molecular formula is C14H22O4. The van der Waals surface area contributed by atoms with E-state index in [2.05, 4.69) is 0 Å². The molecule has 4 heteroatoms. The van der Waals surface area contributed by atoms with Crippen molar-refractivity contribution in [2.45, 2.75) is 59.0 Å². The third-order valence-electron chi connectivity index (χ3n) is 3.32. The minimum atomic E-state index is -0.617. The maximum Gasteiger partial charge on any atom is 0.306 e. The Hall–Kier alpha value is -1.19. The Bertz CT molecular complexity index is 333. The molecule has 4 nitrogen and oxygen atoms in total. The SMILES string of the molecule is CCCC(=O)OC1CCC(CC(=O)C(C)C)C1=O. The second-order valence-corrected chi connectivity index (χ2v) is 5.23. The van der Waals surface area contributed by atoms with Crippen LogP contribution in [0, 0.1) is 11.8 Å². The molecule has 0 bridgehead atoms. The number of Topliss-reactive ketones (excluding diaryl/α,β-unsaturated/α-hetero) is 2. The molecule has 1 aliphatic carbocycles. The first-order chi connectivity index (χ1) is 8.45. The molecule has 2 atom stereocenters. The topological polar surface area (TPSA) is 60.4 Å². The first kappa shape index (κ1) is 14.9. The van der Waals surface area contributed by atoms with E-state index in [-0.39, 0.29) is 29.4 Å². The third kappa shape index (κ3) is 3.93. The number of hydrogen-bond acceptors (Lipinski definition) is 4. The number of esters is 1. The summed E-state index contributed by atoms with van der Waals surface area (Å²) in [6.07, 6.45) is 1.95. The Morgan fingerprint density at radius 2 is 2.00 bits per heavy atom. The fourth-order valence-corrected chi connectivity index (χ4v) is 2.12. The highest BCUT2D eigenvalue weighted by molar-refractivity contribution is 5.93. The van der Waals surface area contributed by atoms with Gasteiger partial charge in [-0.15, -0.1) is 0 Å². The second-order valence-electron chi connectivity index (χ2n) is 5.23. The Morgan fingerprint density at radius 1 is 1.33 bits per heavy atom. The summed E-state index contributed by atoms with van der Waals surface area (Å²) in [6, 6.07) is 0. The summed E-state index contributed by atoms with van der Waals surface area (Å²) in [6.45, 7) is 5.56. The quantitative estimate of drug-likeness (QED) is 0.682. The maximum absolute atomic E-state index is 12.0. The lowest BCUT2D eigenvalue weighted by molar-refractivity contribution is -0.154. The van der Waals surface area contributed by atoms with E-state index in [1.165, 1.54) is 0 Å². The molecule has 0 spiro atoms. The fourth-order valence-electron chi connectivity index (χ4n) is 2.12. The summed E-state index contributed by atoms with van der Waals surface area (Å²) in [5.41, 5.74) is 0. The fraction of sp³-hybridized carbons (Fsp3) is 0.786. The summed E-state index contributed by atoms with van der Waals surface area (Å²) in [4.78, 5) is 34.9. The van der Waals surface area contributed by atoms with Crippen LogP contribution in [0.15, 0.2) is 0 Å². The third-order valence-corrected chi connectivity index (χ3v) is 3.32. The van der Waals surface area contributed by atoms with Gasteiger partial charge in [-0.2, -0.15) is 0 Å². The predicted octanol–water partition coefficient (Wildman–Crippen LogP) is 2.29. The van der Waals surface area contributed by atoms with Crippen molar-refractivity contribution in [1.82, 2.24) is 0 Å². The molecule has 0 N–H and O–H groups in total. The van der Waals surface area contributed by atoms with Crippen molar-refractivity contribution in [2.24, 2.45) is 11.8 Å².